The van der Waals surface area contributed by atoms with Gasteiger partial charge in [-0.25, -0.2) is 0 Å². The first-order valence-corrected chi connectivity index (χ1v) is 4.88. The van der Waals surface area contributed by atoms with E-state index < -0.39 is 5.54 Å². The van der Waals surface area contributed by atoms with E-state index in [4.69, 9.17) is 10.5 Å². The molecular formula is C10H14BrNO. The summed E-state index contributed by atoms with van der Waals surface area (Å²) in [6, 6.07) is 5.80. The van der Waals surface area contributed by atoms with Crippen LogP contribution >= 0.6 is 15.9 Å². The monoisotopic (exact) mass is 243 g/mol. The van der Waals surface area contributed by atoms with Gasteiger partial charge >= 0.3 is 0 Å². The Bertz CT molecular complexity index is 304. The topological polar surface area (TPSA) is 35.2 Å². The minimum absolute atomic E-state index is 0.397. The summed E-state index contributed by atoms with van der Waals surface area (Å²) in [6.07, 6.45) is 0. The molecule has 0 spiro atoms. The first-order chi connectivity index (χ1) is 5.96. The Morgan fingerprint density at radius 2 is 2.00 bits per heavy atom. The first kappa shape index (κ1) is 10.5. The number of hydrogen-bond acceptors (Lipinski definition) is 2. The fourth-order valence-corrected chi connectivity index (χ4v) is 2.16. The van der Waals surface area contributed by atoms with Crippen LogP contribution in [-0.2, 0) is 5.54 Å². The number of nitrogens with two attached hydrogens (primary N) is 1. The SMILES string of the molecule is COc1cccc(Br)c1C(C)(C)N. The second-order valence-electron chi connectivity index (χ2n) is 3.54. The van der Waals surface area contributed by atoms with Gasteiger partial charge < -0.3 is 10.5 Å². The lowest BCUT2D eigenvalue weighted by molar-refractivity contribution is 0.393. The molecule has 0 saturated heterocycles. The average Bonchev–Trinajstić information content (AvgIpc) is 2.01. The minimum Gasteiger partial charge on any atom is -0.496 e. The lowest BCUT2D eigenvalue weighted by Crippen LogP contribution is -2.29. The molecule has 0 aromatic heterocycles. The molecule has 1 aromatic carbocycles. The van der Waals surface area contributed by atoms with Crippen molar-refractivity contribution >= 4 is 15.9 Å². The molecule has 0 amide bonds. The number of methoxy groups -OCH3 is 1. The fraction of sp³-hybridized carbons (Fsp3) is 0.400. The number of hydrogen-bond donors (Lipinski definition) is 1. The summed E-state index contributed by atoms with van der Waals surface area (Å²) in [6.45, 7) is 3.91. The van der Waals surface area contributed by atoms with Gasteiger partial charge in [-0.3, -0.25) is 0 Å². The van der Waals surface area contributed by atoms with Gasteiger partial charge in [0.1, 0.15) is 5.75 Å². The molecule has 0 unspecified atom stereocenters. The van der Waals surface area contributed by atoms with Crippen LogP contribution in [0.5, 0.6) is 5.75 Å². The van der Waals surface area contributed by atoms with Crippen LogP contribution in [0.25, 0.3) is 0 Å². The molecule has 0 radical (unpaired) electrons. The third kappa shape index (κ3) is 2.23. The quantitative estimate of drug-likeness (QED) is 0.867. The zero-order valence-electron chi connectivity index (χ0n) is 8.10. The Kier molecular flexibility index (Phi) is 2.98. The summed E-state index contributed by atoms with van der Waals surface area (Å²) in [4.78, 5) is 0. The summed E-state index contributed by atoms with van der Waals surface area (Å²) in [5.41, 5.74) is 6.62. The largest absolute Gasteiger partial charge is 0.496 e. The van der Waals surface area contributed by atoms with Crippen LogP contribution < -0.4 is 10.5 Å². The molecule has 0 aliphatic rings. The van der Waals surface area contributed by atoms with Gasteiger partial charge in [0, 0.05) is 15.6 Å². The third-order valence-electron chi connectivity index (χ3n) is 1.84. The van der Waals surface area contributed by atoms with Gasteiger partial charge in [-0.15, -0.1) is 0 Å². The fourth-order valence-electron chi connectivity index (χ4n) is 1.30. The number of ether oxygens (including phenoxy) is 1. The minimum atomic E-state index is -0.397. The molecule has 0 atom stereocenters. The summed E-state index contributed by atoms with van der Waals surface area (Å²) < 4.78 is 6.23. The van der Waals surface area contributed by atoms with Crippen molar-refractivity contribution in [1.82, 2.24) is 0 Å². The normalized spacial score (nSPS) is 11.5. The maximum Gasteiger partial charge on any atom is 0.125 e. The van der Waals surface area contributed by atoms with Crippen molar-refractivity contribution in [3.63, 3.8) is 0 Å². The highest BCUT2D eigenvalue weighted by Crippen LogP contribution is 2.34. The zero-order valence-corrected chi connectivity index (χ0v) is 9.68. The predicted molar refractivity (Wildman–Crippen MR) is 57.9 cm³/mol. The van der Waals surface area contributed by atoms with E-state index in [2.05, 4.69) is 15.9 Å². The van der Waals surface area contributed by atoms with Crippen molar-refractivity contribution in [2.45, 2.75) is 19.4 Å². The summed E-state index contributed by atoms with van der Waals surface area (Å²) in [7, 11) is 1.65. The summed E-state index contributed by atoms with van der Waals surface area (Å²) >= 11 is 3.46. The molecule has 0 fully saturated rings. The molecular weight excluding hydrogens is 230 g/mol. The Morgan fingerprint density at radius 1 is 1.38 bits per heavy atom. The Balaban J connectivity index is 3.32. The maximum absolute atomic E-state index is 6.02. The van der Waals surface area contributed by atoms with Crippen LogP contribution in [-0.4, -0.2) is 7.11 Å². The van der Waals surface area contributed by atoms with Crippen molar-refractivity contribution in [2.75, 3.05) is 7.11 Å². The van der Waals surface area contributed by atoms with E-state index in [0.717, 1.165) is 15.8 Å². The van der Waals surface area contributed by atoms with Crippen LogP contribution in [0.2, 0.25) is 0 Å². The van der Waals surface area contributed by atoms with Crippen molar-refractivity contribution in [1.29, 1.82) is 0 Å². The lowest BCUT2D eigenvalue weighted by atomic mass is 9.95. The van der Waals surface area contributed by atoms with Gasteiger partial charge in [0.15, 0.2) is 0 Å². The predicted octanol–water partition coefficient (Wildman–Crippen LogP) is 2.65. The van der Waals surface area contributed by atoms with E-state index in [1.165, 1.54) is 0 Å². The number of benzene rings is 1. The number of halogens is 1. The van der Waals surface area contributed by atoms with Gasteiger partial charge in [-0.1, -0.05) is 22.0 Å². The second kappa shape index (κ2) is 3.68. The molecule has 0 aliphatic heterocycles. The molecule has 3 heteroatoms. The maximum atomic E-state index is 6.02. The van der Waals surface area contributed by atoms with Crippen LogP contribution in [0.4, 0.5) is 0 Å². The van der Waals surface area contributed by atoms with Crippen LogP contribution in [0.3, 0.4) is 0 Å². The summed E-state index contributed by atoms with van der Waals surface area (Å²) in [5, 5.41) is 0. The second-order valence-corrected chi connectivity index (χ2v) is 4.39. The molecule has 0 aliphatic carbocycles. The molecule has 1 rings (SSSR count). The van der Waals surface area contributed by atoms with Crippen LogP contribution in [0.1, 0.15) is 19.4 Å². The van der Waals surface area contributed by atoms with Gasteiger partial charge in [0.2, 0.25) is 0 Å². The van der Waals surface area contributed by atoms with Gasteiger partial charge in [0.25, 0.3) is 0 Å². The van der Waals surface area contributed by atoms with Crippen LogP contribution in [0.15, 0.2) is 22.7 Å². The van der Waals surface area contributed by atoms with Crippen molar-refractivity contribution in [3.8, 4) is 5.75 Å². The van der Waals surface area contributed by atoms with E-state index in [0.29, 0.717) is 0 Å². The van der Waals surface area contributed by atoms with E-state index in [1.807, 2.05) is 32.0 Å². The third-order valence-corrected chi connectivity index (χ3v) is 2.50. The smallest absolute Gasteiger partial charge is 0.125 e. The summed E-state index contributed by atoms with van der Waals surface area (Å²) in [5.74, 6) is 0.821. The van der Waals surface area contributed by atoms with Crippen molar-refractivity contribution in [3.05, 3.63) is 28.2 Å². The van der Waals surface area contributed by atoms with Crippen molar-refractivity contribution in [2.24, 2.45) is 5.73 Å². The molecule has 72 valence electrons. The molecule has 13 heavy (non-hydrogen) atoms. The molecule has 2 nitrogen and oxygen atoms in total. The first-order valence-electron chi connectivity index (χ1n) is 4.08. The van der Waals surface area contributed by atoms with E-state index in [1.54, 1.807) is 7.11 Å². The highest BCUT2D eigenvalue weighted by Gasteiger charge is 2.21. The molecule has 0 bridgehead atoms. The highest BCUT2D eigenvalue weighted by molar-refractivity contribution is 9.10. The molecule has 1 aromatic rings. The van der Waals surface area contributed by atoms with Crippen LogP contribution in [0, 0.1) is 0 Å². The molecule has 0 heterocycles. The van der Waals surface area contributed by atoms with Gasteiger partial charge in [-0.05, 0) is 26.0 Å². The highest BCUT2D eigenvalue weighted by atomic mass is 79.9. The Morgan fingerprint density at radius 3 is 2.38 bits per heavy atom. The lowest BCUT2D eigenvalue weighted by Gasteiger charge is -2.23. The van der Waals surface area contributed by atoms with E-state index in [9.17, 15) is 0 Å². The standard InChI is InChI=1S/C10H14BrNO/c1-10(2,12)9-7(11)5-4-6-8(9)13-3/h4-6H,12H2,1-3H3. The molecule has 2 N–H and O–H groups in total. The zero-order chi connectivity index (χ0) is 10.1. The molecule has 0 saturated carbocycles. The Labute approximate surface area is 87.2 Å². The van der Waals surface area contributed by atoms with E-state index >= 15 is 0 Å². The number of rotatable bonds is 2. The van der Waals surface area contributed by atoms with E-state index in [-0.39, 0.29) is 0 Å². The average molecular weight is 244 g/mol. The van der Waals surface area contributed by atoms with Crippen molar-refractivity contribution < 1.29 is 4.74 Å². The van der Waals surface area contributed by atoms with Gasteiger partial charge in [0.05, 0.1) is 7.11 Å². The Hall–Kier alpha value is -0.540. The van der Waals surface area contributed by atoms with Gasteiger partial charge in [-0.2, -0.15) is 0 Å².